The number of aliphatic hydroxyl groups excluding tert-OH is 2. The molecular weight excluding hydrogens is 300 g/mol. The number of ketones is 1. The van der Waals surface area contributed by atoms with Gasteiger partial charge in [0.2, 0.25) is 0 Å². The van der Waals surface area contributed by atoms with Gasteiger partial charge in [0, 0.05) is 12.8 Å². The van der Waals surface area contributed by atoms with Crippen LogP contribution in [0.1, 0.15) is 65.7 Å². The molecule has 0 spiro atoms. The number of Topliss-reactive ketones (excluding diaryl/α,β-unsaturated/α-hetero) is 1. The van der Waals surface area contributed by atoms with Crippen molar-refractivity contribution in [1.29, 1.82) is 0 Å². The maximum atomic E-state index is 11.9. The highest BCUT2D eigenvalue weighted by Crippen LogP contribution is 2.66. The molecule has 1 unspecified atom stereocenters. The molecule has 3 fully saturated rings. The van der Waals surface area contributed by atoms with Crippen LogP contribution in [0.5, 0.6) is 0 Å². The van der Waals surface area contributed by atoms with E-state index >= 15 is 0 Å². The molecule has 0 amide bonds. The Kier molecular flexibility index (Phi) is 3.78. The van der Waals surface area contributed by atoms with E-state index in [0.29, 0.717) is 36.4 Å². The molecule has 4 aliphatic rings. The molecule has 4 aliphatic carbocycles. The SMILES string of the molecule is CC(O)[C@H]1CC[C@H]2[C@@H]3CC=C4CC(=O)CC[C@]4(C)[C@H]3[C@@H](O)C[C@]12C. The molecule has 0 aliphatic heterocycles. The van der Waals surface area contributed by atoms with Crippen molar-refractivity contribution in [3.8, 4) is 0 Å². The highest BCUT2D eigenvalue weighted by molar-refractivity contribution is 5.82. The minimum Gasteiger partial charge on any atom is -0.393 e. The van der Waals surface area contributed by atoms with E-state index in [1.165, 1.54) is 12.0 Å². The average Bonchev–Trinajstić information content (AvgIpc) is 2.84. The summed E-state index contributed by atoms with van der Waals surface area (Å²) in [4.78, 5) is 11.9. The van der Waals surface area contributed by atoms with E-state index in [1.54, 1.807) is 0 Å². The summed E-state index contributed by atoms with van der Waals surface area (Å²) in [5.41, 5.74) is 1.36. The van der Waals surface area contributed by atoms with Gasteiger partial charge < -0.3 is 10.2 Å². The molecule has 0 radical (unpaired) electrons. The Hall–Kier alpha value is -0.670. The fourth-order valence-electron chi connectivity index (χ4n) is 7.44. The molecule has 8 atom stereocenters. The predicted octanol–water partition coefficient (Wildman–Crippen LogP) is 3.49. The van der Waals surface area contributed by atoms with Crippen molar-refractivity contribution >= 4 is 5.78 Å². The topological polar surface area (TPSA) is 57.5 Å². The Morgan fingerprint density at radius 1 is 1.29 bits per heavy atom. The van der Waals surface area contributed by atoms with Gasteiger partial charge in [-0.25, -0.2) is 0 Å². The first-order valence-corrected chi connectivity index (χ1v) is 9.84. The van der Waals surface area contributed by atoms with Gasteiger partial charge in [-0.15, -0.1) is 0 Å². The number of rotatable bonds is 1. The van der Waals surface area contributed by atoms with Crippen LogP contribution in [0.25, 0.3) is 0 Å². The number of allylic oxidation sites excluding steroid dienone is 2. The quantitative estimate of drug-likeness (QED) is 0.723. The third-order valence-corrected chi connectivity index (χ3v) is 8.52. The second kappa shape index (κ2) is 5.41. The minimum absolute atomic E-state index is 0.000487. The Bertz CT molecular complexity index is 580. The van der Waals surface area contributed by atoms with Gasteiger partial charge >= 0.3 is 0 Å². The van der Waals surface area contributed by atoms with E-state index in [2.05, 4.69) is 19.9 Å². The van der Waals surface area contributed by atoms with E-state index in [9.17, 15) is 15.0 Å². The fourth-order valence-corrected chi connectivity index (χ4v) is 7.44. The smallest absolute Gasteiger partial charge is 0.136 e. The maximum Gasteiger partial charge on any atom is 0.136 e. The van der Waals surface area contributed by atoms with Crippen LogP contribution in [-0.2, 0) is 4.79 Å². The number of carbonyl (C=O) groups excluding carboxylic acids is 1. The zero-order valence-electron chi connectivity index (χ0n) is 15.3. The molecule has 4 rings (SSSR count). The molecule has 24 heavy (non-hydrogen) atoms. The lowest BCUT2D eigenvalue weighted by Gasteiger charge is -2.59. The van der Waals surface area contributed by atoms with E-state index in [0.717, 1.165) is 25.7 Å². The summed E-state index contributed by atoms with van der Waals surface area (Å²) in [6.07, 6.45) is 7.99. The van der Waals surface area contributed by atoms with Gasteiger partial charge in [-0.2, -0.15) is 0 Å². The van der Waals surface area contributed by atoms with Crippen molar-refractivity contribution in [2.45, 2.75) is 77.9 Å². The summed E-state index contributed by atoms with van der Waals surface area (Å²) in [5, 5.41) is 21.5. The molecule has 0 aromatic rings. The van der Waals surface area contributed by atoms with Gasteiger partial charge in [-0.05, 0) is 73.5 Å². The van der Waals surface area contributed by atoms with Crippen LogP contribution in [0.15, 0.2) is 11.6 Å². The highest BCUT2D eigenvalue weighted by atomic mass is 16.3. The molecule has 134 valence electrons. The lowest BCUT2D eigenvalue weighted by Crippen LogP contribution is -2.56. The molecule has 0 saturated heterocycles. The summed E-state index contributed by atoms with van der Waals surface area (Å²) in [7, 11) is 0. The summed E-state index contributed by atoms with van der Waals surface area (Å²) in [6, 6.07) is 0. The van der Waals surface area contributed by atoms with Gasteiger partial charge in [0.15, 0.2) is 0 Å². The molecule has 0 aromatic carbocycles. The van der Waals surface area contributed by atoms with Crippen molar-refractivity contribution in [3.63, 3.8) is 0 Å². The summed E-state index contributed by atoms with van der Waals surface area (Å²) < 4.78 is 0. The van der Waals surface area contributed by atoms with Crippen LogP contribution in [0.2, 0.25) is 0 Å². The van der Waals surface area contributed by atoms with Crippen LogP contribution in [0.3, 0.4) is 0 Å². The Labute approximate surface area is 145 Å². The number of hydrogen-bond donors (Lipinski definition) is 2. The van der Waals surface area contributed by atoms with Gasteiger partial charge in [-0.1, -0.05) is 25.5 Å². The maximum absolute atomic E-state index is 11.9. The predicted molar refractivity (Wildman–Crippen MR) is 93.3 cm³/mol. The normalized spacial score (nSPS) is 52.1. The Morgan fingerprint density at radius 2 is 2.04 bits per heavy atom. The van der Waals surface area contributed by atoms with Crippen LogP contribution >= 0.6 is 0 Å². The van der Waals surface area contributed by atoms with Gasteiger partial charge in [0.05, 0.1) is 12.2 Å². The standard InChI is InChI=1S/C21H32O3/c1-12(22)16-6-7-17-15-5-4-13-10-14(23)8-9-20(13,2)19(15)18(24)11-21(16,17)3/h4,12,15-19,22,24H,5-11H2,1-3H3/t12?,15-,16+,17-,18-,19+,20-,21+/m0/s1. The lowest BCUT2D eigenvalue weighted by atomic mass is 9.46. The van der Waals surface area contributed by atoms with Crippen LogP contribution < -0.4 is 0 Å². The molecular formula is C21H32O3. The second-order valence-corrected chi connectivity index (χ2v) is 9.60. The van der Waals surface area contributed by atoms with Crippen LogP contribution in [0, 0.1) is 34.5 Å². The molecule has 0 aromatic heterocycles. The third-order valence-electron chi connectivity index (χ3n) is 8.52. The monoisotopic (exact) mass is 332 g/mol. The molecule has 0 bridgehead atoms. The molecule has 0 heterocycles. The number of fused-ring (bicyclic) bond motifs is 5. The highest BCUT2D eigenvalue weighted by Gasteiger charge is 2.62. The Balaban J connectivity index is 1.71. The van der Waals surface area contributed by atoms with Crippen LogP contribution in [0.4, 0.5) is 0 Å². The van der Waals surface area contributed by atoms with Crippen molar-refractivity contribution in [2.75, 3.05) is 0 Å². The summed E-state index contributed by atoms with van der Waals surface area (Å²) >= 11 is 0. The molecule has 3 heteroatoms. The largest absolute Gasteiger partial charge is 0.393 e. The van der Waals surface area contributed by atoms with Gasteiger partial charge in [-0.3, -0.25) is 4.79 Å². The van der Waals surface area contributed by atoms with E-state index < -0.39 is 0 Å². The fraction of sp³-hybridized carbons (Fsp3) is 0.857. The molecule has 3 nitrogen and oxygen atoms in total. The average molecular weight is 332 g/mol. The number of carbonyl (C=O) groups is 1. The number of aliphatic hydroxyl groups is 2. The van der Waals surface area contributed by atoms with E-state index in [4.69, 9.17) is 0 Å². The first kappa shape index (κ1) is 16.8. The minimum atomic E-state index is -0.308. The first-order chi connectivity index (χ1) is 11.3. The van der Waals surface area contributed by atoms with E-state index in [-0.39, 0.29) is 29.0 Å². The Morgan fingerprint density at radius 3 is 2.75 bits per heavy atom. The van der Waals surface area contributed by atoms with Crippen LogP contribution in [-0.4, -0.2) is 28.2 Å². The number of hydrogen-bond acceptors (Lipinski definition) is 3. The first-order valence-electron chi connectivity index (χ1n) is 9.84. The summed E-state index contributed by atoms with van der Waals surface area (Å²) in [6.45, 7) is 6.53. The molecule has 2 N–H and O–H groups in total. The third kappa shape index (κ3) is 2.13. The van der Waals surface area contributed by atoms with Crippen molar-refractivity contribution < 1.29 is 15.0 Å². The zero-order chi connectivity index (χ0) is 17.3. The van der Waals surface area contributed by atoms with E-state index in [1.807, 2.05) is 6.92 Å². The second-order valence-electron chi connectivity index (χ2n) is 9.60. The summed E-state index contributed by atoms with van der Waals surface area (Å²) in [5.74, 6) is 2.06. The molecule has 3 saturated carbocycles. The zero-order valence-corrected chi connectivity index (χ0v) is 15.3. The van der Waals surface area contributed by atoms with Crippen molar-refractivity contribution in [3.05, 3.63) is 11.6 Å². The van der Waals surface area contributed by atoms with Crippen molar-refractivity contribution in [1.82, 2.24) is 0 Å². The van der Waals surface area contributed by atoms with Gasteiger partial charge in [0.1, 0.15) is 5.78 Å². The lowest BCUT2D eigenvalue weighted by molar-refractivity contribution is -0.138. The van der Waals surface area contributed by atoms with Crippen molar-refractivity contribution in [2.24, 2.45) is 34.5 Å². The van der Waals surface area contributed by atoms with Gasteiger partial charge in [0.25, 0.3) is 0 Å².